The molecule has 0 fully saturated rings. The van der Waals surface area contributed by atoms with Gasteiger partial charge >= 0.3 is 5.97 Å². The Kier molecular flexibility index (Phi) is 4.79. The summed E-state index contributed by atoms with van der Waals surface area (Å²) < 4.78 is 5.10. The van der Waals surface area contributed by atoms with Gasteiger partial charge in [-0.1, -0.05) is 6.07 Å². The smallest absolute Gasteiger partial charge is 0.335 e. The SMILES string of the molecule is COc1cc(C2C(C(C)=O)=C(O)C(=O)N2c2ccc(C(=O)O)cc2)ccc1O. The van der Waals surface area contributed by atoms with Gasteiger partial charge in [-0.3, -0.25) is 14.5 Å². The fourth-order valence-corrected chi connectivity index (χ4v) is 3.18. The van der Waals surface area contributed by atoms with E-state index in [9.17, 15) is 24.6 Å². The summed E-state index contributed by atoms with van der Waals surface area (Å²) in [5.74, 6) is -3.06. The highest BCUT2D eigenvalue weighted by Crippen LogP contribution is 2.42. The number of phenolic OH excluding ortho intramolecular Hbond substituents is 1. The van der Waals surface area contributed by atoms with Gasteiger partial charge in [-0.15, -0.1) is 0 Å². The first-order valence-corrected chi connectivity index (χ1v) is 8.24. The largest absolute Gasteiger partial charge is 0.504 e. The maximum atomic E-state index is 12.7. The molecule has 8 heteroatoms. The fourth-order valence-electron chi connectivity index (χ4n) is 3.18. The topological polar surface area (TPSA) is 124 Å². The van der Waals surface area contributed by atoms with Crippen LogP contribution in [-0.4, -0.2) is 40.1 Å². The second kappa shape index (κ2) is 7.07. The minimum atomic E-state index is -1.12. The number of hydrogen-bond acceptors (Lipinski definition) is 6. The third-order valence-electron chi connectivity index (χ3n) is 4.50. The Morgan fingerprint density at radius 1 is 1.07 bits per heavy atom. The lowest BCUT2D eigenvalue weighted by atomic mass is 9.96. The van der Waals surface area contributed by atoms with Gasteiger partial charge in [0.2, 0.25) is 0 Å². The van der Waals surface area contributed by atoms with Gasteiger partial charge in [-0.25, -0.2) is 4.79 Å². The molecule has 144 valence electrons. The average Bonchev–Trinajstić information content (AvgIpc) is 2.93. The number of carbonyl (C=O) groups excluding carboxylic acids is 2. The van der Waals surface area contributed by atoms with Gasteiger partial charge in [0.25, 0.3) is 5.91 Å². The van der Waals surface area contributed by atoms with Crippen molar-refractivity contribution in [2.45, 2.75) is 13.0 Å². The monoisotopic (exact) mass is 383 g/mol. The minimum absolute atomic E-state index is 0.0298. The molecule has 3 rings (SSSR count). The van der Waals surface area contributed by atoms with Gasteiger partial charge in [0.05, 0.1) is 24.3 Å². The third-order valence-corrected chi connectivity index (χ3v) is 4.50. The molecule has 0 radical (unpaired) electrons. The molecule has 0 saturated carbocycles. The summed E-state index contributed by atoms with van der Waals surface area (Å²) in [6, 6.07) is 8.85. The molecule has 1 unspecified atom stereocenters. The number of ketones is 1. The molecule has 1 amide bonds. The van der Waals surface area contributed by atoms with E-state index in [1.54, 1.807) is 0 Å². The van der Waals surface area contributed by atoms with Crippen LogP contribution in [0.4, 0.5) is 5.69 Å². The summed E-state index contributed by atoms with van der Waals surface area (Å²) in [5.41, 5.74) is 0.664. The van der Waals surface area contributed by atoms with Gasteiger partial charge in [-0.2, -0.15) is 0 Å². The van der Waals surface area contributed by atoms with Crippen molar-refractivity contribution in [3.8, 4) is 11.5 Å². The number of nitrogens with zero attached hydrogens (tertiary/aromatic N) is 1. The molecule has 3 N–H and O–H groups in total. The molecule has 1 aliphatic rings. The Morgan fingerprint density at radius 2 is 1.71 bits per heavy atom. The predicted molar refractivity (Wildman–Crippen MR) is 98.6 cm³/mol. The van der Waals surface area contributed by atoms with Crippen molar-refractivity contribution in [2.75, 3.05) is 12.0 Å². The number of aromatic carboxylic acids is 1. The van der Waals surface area contributed by atoms with E-state index in [4.69, 9.17) is 9.84 Å². The van der Waals surface area contributed by atoms with Crippen molar-refractivity contribution in [1.82, 2.24) is 0 Å². The third kappa shape index (κ3) is 3.05. The van der Waals surface area contributed by atoms with Crippen LogP contribution in [0, 0.1) is 0 Å². The second-order valence-corrected chi connectivity index (χ2v) is 6.18. The van der Waals surface area contributed by atoms with Crippen LogP contribution in [0.3, 0.4) is 0 Å². The van der Waals surface area contributed by atoms with Crippen LogP contribution in [-0.2, 0) is 9.59 Å². The van der Waals surface area contributed by atoms with E-state index >= 15 is 0 Å². The fraction of sp³-hybridized carbons (Fsp3) is 0.150. The molecule has 2 aromatic carbocycles. The number of aliphatic hydroxyl groups is 1. The summed E-state index contributed by atoms with van der Waals surface area (Å²) >= 11 is 0. The summed E-state index contributed by atoms with van der Waals surface area (Å²) in [6.07, 6.45) is 0. The maximum absolute atomic E-state index is 12.7. The van der Waals surface area contributed by atoms with E-state index in [-0.39, 0.29) is 22.6 Å². The van der Waals surface area contributed by atoms with E-state index in [1.165, 1.54) is 61.4 Å². The zero-order valence-corrected chi connectivity index (χ0v) is 15.0. The number of aliphatic hydroxyl groups excluding tert-OH is 1. The van der Waals surface area contributed by atoms with Crippen LogP contribution in [0.1, 0.15) is 28.9 Å². The quantitative estimate of drug-likeness (QED) is 0.725. The van der Waals surface area contributed by atoms with E-state index in [0.717, 1.165) is 0 Å². The molecule has 0 aromatic heterocycles. The molecule has 28 heavy (non-hydrogen) atoms. The minimum Gasteiger partial charge on any atom is -0.504 e. The summed E-state index contributed by atoms with van der Waals surface area (Å²) in [5, 5.41) is 29.2. The van der Waals surface area contributed by atoms with Crippen LogP contribution in [0.15, 0.2) is 53.8 Å². The number of hydrogen-bond donors (Lipinski definition) is 3. The summed E-state index contributed by atoms with van der Waals surface area (Å²) in [4.78, 5) is 37.2. The Hall–Kier alpha value is -3.81. The molecule has 8 nitrogen and oxygen atoms in total. The first-order chi connectivity index (χ1) is 13.3. The molecule has 1 aliphatic heterocycles. The van der Waals surface area contributed by atoms with E-state index in [1.807, 2.05) is 0 Å². The number of aromatic hydroxyl groups is 1. The predicted octanol–water partition coefficient (Wildman–Crippen LogP) is 2.59. The molecular weight excluding hydrogens is 366 g/mol. The molecule has 0 saturated heterocycles. The number of phenols is 1. The van der Waals surface area contributed by atoms with E-state index in [0.29, 0.717) is 11.3 Å². The first kappa shape index (κ1) is 19.0. The van der Waals surface area contributed by atoms with Gasteiger partial charge in [0.1, 0.15) is 0 Å². The molecule has 2 aromatic rings. The molecular formula is C20H17NO7. The van der Waals surface area contributed by atoms with E-state index < -0.39 is 29.5 Å². The highest BCUT2D eigenvalue weighted by Gasteiger charge is 2.43. The maximum Gasteiger partial charge on any atom is 0.335 e. The number of carboxylic acid groups (broad SMARTS) is 1. The zero-order valence-electron chi connectivity index (χ0n) is 15.0. The van der Waals surface area contributed by atoms with Crippen LogP contribution in [0.2, 0.25) is 0 Å². The van der Waals surface area contributed by atoms with Crippen molar-refractivity contribution < 1.29 is 34.4 Å². The van der Waals surface area contributed by atoms with Gasteiger partial charge in [0.15, 0.2) is 23.0 Å². The van der Waals surface area contributed by atoms with Crippen molar-refractivity contribution in [1.29, 1.82) is 0 Å². The lowest BCUT2D eigenvalue weighted by Gasteiger charge is -2.27. The number of carbonyl (C=O) groups is 3. The zero-order chi connectivity index (χ0) is 20.6. The number of amides is 1. The Bertz CT molecular complexity index is 1010. The van der Waals surface area contributed by atoms with Gasteiger partial charge < -0.3 is 20.1 Å². The van der Waals surface area contributed by atoms with Crippen LogP contribution >= 0.6 is 0 Å². The number of Topliss-reactive ketones (excluding diaryl/α,β-unsaturated/α-hetero) is 1. The molecule has 1 atom stereocenters. The number of methoxy groups -OCH3 is 1. The highest BCUT2D eigenvalue weighted by molar-refractivity contribution is 6.16. The van der Waals surface area contributed by atoms with Crippen LogP contribution < -0.4 is 9.64 Å². The lowest BCUT2D eigenvalue weighted by molar-refractivity contribution is -0.117. The number of carboxylic acids is 1. The molecule has 0 aliphatic carbocycles. The Labute approximate surface area is 159 Å². The molecule has 0 spiro atoms. The number of benzene rings is 2. The Morgan fingerprint density at radius 3 is 2.25 bits per heavy atom. The van der Waals surface area contributed by atoms with Gasteiger partial charge in [0, 0.05) is 5.69 Å². The number of anilines is 1. The Balaban J connectivity index is 2.16. The second-order valence-electron chi connectivity index (χ2n) is 6.18. The summed E-state index contributed by atoms with van der Waals surface area (Å²) in [6.45, 7) is 1.24. The van der Waals surface area contributed by atoms with Gasteiger partial charge in [-0.05, 0) is 48.9 Å². The van der Waals surface area contributed by atoms with Crippen molar-refractivity contribution in [2.24, 2.45) is 0 Å². The van der Waals surface area contributed by atoms with Crippen molar-refractivity contribution >= 4 is 23.3 Å². The number of rotatable bonds is 5. The van der Waals surface area contributed by atoms with Crippen LogP contribution in [0.25, 0.3) is 0 Å². The molecule has 0 bridgehead atoms. The van der Waals surface area contributed by atoms with Crippen LogP contribution in [0.5, 0.6) is 11.5 Å². The van der Waals surface area contributed by atoms with Crippen molar-refractivity contribution in [3.63, 3.8) is 0 Å². The normalized spacial score (nSPS) is 16.4. The molecule has 1 heterocycles. The average molecular weight is 383 g/mol. The first-order valence-electron chi connectivity index (χ1n) is 8.24. The summed E-state index contributed by atoms with van der Waals surface area (Å²) in [7, 11) is 1.36. The van der Waals surface area contributed by atoms with Crippen molar-refractivity contribution in [3.05, 3.63) is 64.9 Å². The standard InChI is InChI=1S/C20H17NO7/c1-10(22)16-17(12-5-8-14(23)15(9-12)28-2)21(19(25)18(16)24)13-6-3-11(4-7-13)20(26)27/h3-9,17,23-24H,1-2H3,(H,26,27). The highest BCUT2D eigenvalue weighted by atomic mass is 16.5. The van der Waals surface area contributed by atoms with E-state index in [2.05, 4.69) is 0 Å². The lowest BCUT2D eigenvalue weighted by Crippen LogP contribution is -2.30. The number of ether oxygens (including phenoxy) is 1.